The molecule has 0 atom stereocenters. The minimum Gasteiger partial charge on any atom is -0.358 e. The molecular formula is C19H22N4OS. The third-order valence-electron chi connectivity index (χ3n) is 4.89. The molecule has 1 amide bonds. The van der Waals surface area contributed by atoms with Crippen LogP contribution >= 0.6 is 11.3 Å². The molecule has 1 saturated heterocycles. The third-order valence-corrected chi connectivity index (χ3v) is 5.73. The number of aromatic nitrogens is 2. The first-order valence-electron chi connectivity index (χ1n) is 8.71. The maximum Gasteiger partial charge on any atom is 0.227 e. The first-order valence-corrected chi connectivity index (χ1v) is 9.59. The van der Waals surface area contributed by atoms with Crippen LogP contribution in [0.3, 0.4) is 0 Å². The van der Waals surface area contributed by atoms with Crippen LogP contribution in [0.2, 0.25) is 0 Å². The van der Waals surface area contributed by atoms with Gasteiger partial charge in [0.15, 0.2) is 5.13 Å². The van der Waals surface area contributed by atoms with Crippen LogP contribution in [-0.4, -0.2) is 47.0 Å². The van der Waals surface area contributed by atoms with E-state index in [1.165, 1.54) is 0 Å². The molecule has 5 nitrogen and oxygen atoms in total. The number of benzene rings is 1. The molecule has 0 radical (unpaired) electrons. The summed E-state index contributed by atoms with van der Waals surface area (Å²) in [6, 6.07) is 8.20. The number of fused-ring (bicyclic) bond motifs is 1. The van der Waals surface area contributed by atoms with Gasteiger partial charge in [0.1, 0.15) is 0 Å². The highest BCUT2D eigenvalue weighted by atomic mass is 32.1. The van der Waals surface area contributed by atoms with E-state index >= 15 is 0 Å². The number of aryl methyl sites for hydroxylation is 1. The Morgan fingerprint density at radius 2 is 2.12 bits per heavy atom. The summed E-state index contributed by atoms with van der Waals surface area (Å²) >= 11 is 1.66. The highest BCUT2D eigenvalue weighted by molar-refractivity contribution is 7.13. The van der Waals surface area contributed by atoms with Gasteiger partial charge >= 0.3 is 0 Å². The van der Waals surface area contributed by atoms with Gasteiger partial charge in [-0.2, -0.15) is 0 Å². The Morgan fingerprint density at radius 3 is 2.96 bits per heavy atom. The van der Waals surface area contributed by atoms with Gasteiger partial charge in [-0.1, -0.05) is 18.2 Å². The summed E-state index contributed by atoms with van der Waals surface area (Å²) in [4.78, 5) is 25.0. The second-order valence-electron chi connectivity index (χ2n) is 6.49. The minimum atomic E-state index is 0.217. The van der Waals surface area contributed by atoms with E-state index in [1.54, 1.807) is 11.3 Å². The van der Waals surface area contributed by atoms with E-state index in [0.29, 0.717) is 6.42 Å². The van der Waals surface area contributed by atoms with Crippen molar-refractivity contribution < 1.29 is 4.79 Å². The number of H-pyrrole nitrogens is 1. The van der Waals surface area contributed by atoms with Gasteiger partial charge in [0.05, 0.1) is 6.42 Å². The lowest BCUT2D eigenvalue weighted by atomic mass is 10.1. The Kier molecular flexibility index (Phi) is 4.44. The first-order chi connectivity index (χ1) is 12.2. The van der Waals surface area contributed by atoms with Gasteiger partial charge in [-0.3, -0.25) is 4.79 Å². The fraction of sp³-hybridized carbons (Fsp3) is 0.368. The minimum absolute atomic E-state index is 0.217. The number of para-hydroxylation sites is 1. The molecule has 3 aromatic rings. The summed E-state index contributed by atoms with van der Waals surface area (Å²) in [5.41, 5.74) is 3.32. The molecule has 0 unspecified atom stereocenters. The summed E-state index contributed by atoms with van der Waals surface area (Å²) in [6.45, 7) is 5.45. The number of carbonyl (C=O) groups is 1. The predicted molar refractivity (Wildman–Crippen MR) is 102 cm³/mol. The Hall–Kier alpha value is -2.34. The summed E-state index contributed by atoms with van der Waals surface area (Å²) < 4.78 is 0. The number of aromatic amines is 1. The van der Waals surface area contributed by atoms with Crippen LogP contribution < -0.4 is 4.90 Å². The van der Waals surface area contributed by atoms with Crippen molar-refractivity contribution in [3.8, 4) is 0 Å². The topological polar surface area (TPSA) is 52.2 Å². The molecule has 2 aromatic heterocycles. The van der Waals surface area contributed by atoms with Gasteiger partial charge in [-0.15, -0.1) is 11.3 Å². The lowest BCUT2D eigenvalue weighted by molar-refractivity contribution is -0.130. The molecule has 4 rings (SSSR count). The lowest BCUT2D eigenvalue weighted by Crippen LogP contribution is -2.36. The molecule has 1 N–H and O–H groups in total. The number of thiazole rings is 1. The summed E-state index contributed by atoms with van der Waals surface area (Å²) in [7, 11) is 0. The maximum atomic E-state index is 12.9. The SMILES string of the molecule is Cc1[nH]c2ccccc2c1CC(=O)N1CCCN(c2nccs2)CC1. The van der Waals surface area contributed by atoms with Crippen LogP contribution in [0.4, 0.5) is 5.13 Å². The van der Waals surface area contributed by atoms with Gasteiger partial charge in [-0.25, -0.2) is 4.98 Å². The Balaban J connectivity index is 1.47. The Labute approximate surface area is 151 Å². The predicted octanol–water partition coefficient (Wildman–Crippen LogP) is 3.21. The number of nitrogens with zero attached hydrogens (tertiary/aromatic N) is 3. The van der Waals surface area contributed by atoms with E-state index in [-0.39, 0.29) is 5.91 Å². The van der Waals surface area contributed by atoms with Crippen molar-refractivity contribution in [2.24, 2.45) is 0 Å². The van der Waals surface area contributed by atoms with Crippen molar-refractivity contribution in [2.45, 2.75) is 19.8 Å². The number of hydrogen-bond acceptors (Lipinski definition) is 4. The zero-order valence-electron chi connectivity index (χ0n) is 14.4. The molecule has 1 aliphatic rings. The van der Waals surface area contributed by atoms with E-state index in [9.17, 15) is 4.79 Å². The van der Waals surface area contributed by atoms with Crippen LogP contribution in [0.5, 0.6) is 0 Å². The van der Waals surface area contributed by atoms with Crippen molar-refractivity contribution in [2.75, 3.05) is 31.1 Å². The van der Waals surface area contributed by atoms with Gasteiger partial charge in [0.25, 0.3) is 0 Å². The zero-order valence-corrected chi connectivity index (χ0v) is 15.2. The molecule has 130 valence electrons. The van der Waals surface area contributed by atoms with Crippen molar-refractivity contribution in [3.05, 3.63) is 47.1 Å². The molecule has 0 saturated carbocycles. The second kappa shape index (κ2) is 6.88. The molecule has 6 heteroatoms. The second-order valence-corrected chi connectivity index (χ2v) is 7.36. The molecule has 1 fully saturated rings. The highest BCUT2D eigenvalue weighted by Crippen LogP contribution is 2.23. The third kappa shape index (κ3) is 3.26. The lowest BCUT2D eigenvalue weighted by Gasteiger charge is -2.22. The van der Waals surface area contributed by atoms with Crippen LogP contribution in [0.25, 0.3) is 10.9 Å². The van der Waals surface area contributed by atoms with Crippen molar-refractivity contribution >= 4 is 33.3 Å². The molecule has 0 aliphatic carbocycles. The van der Waals surface area contributed by atoms with Gasteiger partial charge < -0.3 is 14.8 Å². The first kappa shape index (κ1) is 16.1. The van der Waals surface area contributed by atoms with Crippen LogP contribution in [0.1, 0.15) is 17.7 Å². The van der Waals surface area contributed by atoms with Crippen molar-refractivity contribution in [1.29, 1.82) is 0 Å². The Bertz CT molecular complexity index is 871. The standard InChI is InChI=1S/C19H22N4OS/c1-14-16(15-5-2-3-6-17(15)21-14)13-18(24)22-8-4-9-23(11-10-22)19-20-7-12-25-19/h2-3,5-7,12,21H,4,8-11,13H2,1H3. The van der Waals surface area contributed by atoms with E-state index in [4.69, 9.17) is 0 Å². The van der Waals surface area contributed by atoms with Crippen LogP contribution in [0.15, 0.2) is 35.8 Å². The van der Waals surface area contributed by atoms with Crippen LogP contribution in [-0.2, 0) is 11.2 Å². The van der Waals surface area contributed by atoms with Gasteiger partial charge in [0.2, 0.25) is 5.91 Å². The van der Waals surface area contributed by atoms with E-state index in [2.05, 4.69) is 33.9 Å². The fourth-order valence-corrected chi connectivity index (χ4v) is 4.25. The highest BCUT2D eigenvalue weighted by Gasteiger charge is 2.22. The smallest absolute Gasteiger partial charge is 0.227 e. The average Bonchev–Trinajstić information content (AvgIpc) is 3.17. The summed E-state index contributed by atoms with van der Waals surface area (Å²) in [5.74, 6) is 0.217. The largest absolute Gasteiger partial charge is 0.358 e. The number of amides is 1. The van der Waals surface area contributed by atoms with E-state index in [0.717, 1.165) is 59.9 Å². The van der Waals surface area contributed by atoms with E-state index in [1.807, 2.05) is 28.6 Å². The molecule has 1 aromatic carbocycles. The van der Waals surface area contributed by atoms with Crippen molar-refractivity contribution in [1.82, 2.24) is 14.9 Å². The number of rotatable bonds is 3. The molecule has 0 bridgehead atoms. The quantitative estimate of drug-likeness (QED) is 0.786. The van der Waals surface area contributed by atoms with Gasteiger partial charge in [0, 0.05) is 54.4 Å². The molecule has 0 spiro atoms. The maximum absolute atomic E-state index is 12.9. The number of nitrogens with one attached hydrogen (secondary N) is 1. The molecule has 1 aliphatic heterocycles. The normalized spacial score (nSPS) is 15.6. The average molecular weight is 354 g/mol. The molecule has 3 heterocycles. The number of hydrogen-bond donors (Lipinski definition) is 1. The number of anilines is 1. The molecule has 25 heavy (non-hydrogen) atoms. The number of carbonyl (C=O) groups excluding carboxylic acids is 1. The van der Waals surface area contributed by atoms with E-state index < -0.39 is 0 Å². The summed E-state index contributed by atoms with van der Waals surface area (Å²) in [6.07, 6.45) is 3.29. The fourth-order valence-electron chi connectivity index (χ4n) is 3.56. The van der Waals surface area contributed by atoms with Crippen LogP contribution in [0, 0.1) is 6.92 Å². The monoisotopic (exact) mass is 354 g/mol. The molecular weight excluding hydrogens is 332 g/mol. The Morgan fingerprint density at radius 1 is 1.24 bits per heavy atom. The van der Waals surface area contributed by atoms with Gasteiger partial charge in [-0.05, 0) is 25.0 Å². The summed E-state index contributed by atoms with van der Waals surface area (Å²) in [5, 5.41) is 4.22. The zero-order chi connectivity index (χ0) is 17.2. The van der Waals surface area contributed by atoms with Crippen molar-refractivity contribution in [3.63, 3.8) is 0 Å².